The summed E-state index contributed by atoms with van der Waals surface area (Å²) in [4.78, 5) is 30.0. The molecule has 1 atom stereocenters. The van der Waals surface area contributed by atoms with Gasteiger partial charge in [-0.15, -0.1) is 0 Å². The summed E-state index contributed by atoms with van der Waals surface area (Å²) in [6.07, 6.45) is 0.164. The average Bonchev–Trinajstić information content (AvgIpc) is 2.84. The van der Waals surface area contributed by atoms with Crippen molar-refractivity contribution in [1.29, 1.82) is 0 Å². The Labute approximate surface area is 220 Å². The third kappa shape index (κ3) is 9.51. The predicted octanol–water partition coefficient (Wildman–Crippen LogP) is 5.53. The summed E-state index contributed by atoms with van der Waals surface area (Å²) in [5.41, 5.74) is -0.0548. The number of benzene rings is 1. The van der Waals surface area contributed by atoms with Crippen LogP contribution in [0.25, 0.3) is 0 Å². The molecule has 1 N–H and O–H groups in total. The SMILES string of the molecule is CN(C)CCCC1CCN(c2ccc(C(=O)O)c(Cl)n2)CC1.COc1cccc(C(C=O)C(F)(F)F)c1. The number of aromatic nitrogens is 1. The number of nitrogens with zero attached hydrogens (tertiary/aromatic N) is 3. The van der Waals surface area contributed by atoms with Gasteiger partial charge in [0.2, 0.25) is 0 Å². The molecule has 1 aliphatic heterocycles. The molecule has 0 aliphatic carbocycles. The first-order valence-corrected chi connectivity index (χ1v) is 12.3. The number of halogens is 4. The van der Waals surface area contributed by atoms with Gasteiger partial charge >= 0.3 is 12.1 Å². The summed E-state index contributed by atoms with van der Waals surface area (Å²) in [5.74, 6) is -1.27. The van der Waals surface area contributed by atoms with Gasteiger partial charge in [-0.2, -0.15) is 13.2 Å². The number of ether oxygens (including phenoxy) is 1. The van der Waals surface area contributed by atoms with Gasteiger partial charge in [-0.25, -0.2) is 9.78 Å². The van der Waals surface area contributed by atoms with Crippen LogP contribution in [0.15, 0.2) is 36.4 Å². The first-order valence-electron chi connectivity index (χ1n) is 11.9. The minimum absolute atomic E-state index is 0.0592. The molecular formula is C26H33ClF3N3O4. The number of carbonyl (C=O) groups is 2. The molecular weight excluding hydrogens is 511 g/mol. The highest BCUT2D eigenvalue weighted by atomic mass is 35.5. The Morgan fingerprint density at radius 2 is 1.95 bits per heavy atom. The van der Waals surface area contributed by atoms with Crippen molar-refractivity contribution >= 4 is 29.7 Å². The Balaban J connectivity index is 0.000000281. The van der Waals surface area contributed by atoms with E-state index in [-0.39, 0.29) is 22.6 Å². The van der Waals surface area contributed by atoms with Crippen molar-refractivity contribution in [2.24, 2.45) is 5.92 Å². The lowest BCUT2D eigenvalue weighted by Crippen LogP contribution is -2.34. The highest BCUT2D eigenvalue weighted by molar-refractivity contribution is 6.32. The van der Waals surface area contributed by atoms with E-state index in [0.717, 1.165) is 44.2 Å². The van der Waals surface area contributed by atoms with E-state index in [2.05, 4.69) is 28.9 Å². The molecule has 0 spiro atoms. The lowest BCUT2D eigenvalue weighted by atomic mass is 9.92. The van der Waals surface area contributed by atoms with Gasteiger partial charge in [0.15, 0.2) is 0 Å². The summed E-state index contributed by atoms with van der Waals surface area (Å²) in [7, 11) is 5.57. The molecule has 3 rings (SSSR count). The quantitative estimate of drug-likeness (QED) is 0.329. The van der Waals surface area contributed by atoms with Gasteiger partial charge in [-0.1, -0.05) is 23.7 Å². The average molecular weight is 544 g/mol. The molecule has 0 bridgehead atoms. The summed E-state index contributed by atoms with van der Waals surface area (Å²) < 4.78 is 41.9. The molecule has 204 valence electrons. The highest BCUT2D eigenvalue weighted by Crippen LogP contribution is 2.34. The largest absolute Gasteiger partial charge is 0.497 e. The minimum Gasteiger partial charge on any atom is -0.497 e. The third-order valence-electron chi connectivity index (χ3n) is 6.16. The highest BCUT2D eigenvalue weighted by Gasteiger charge is 2.40. The maximum atomic E-state index is 12.4. The number of pyridine rings is 1. The molecule has 1 fully saturated rings. The Hall–Kier alpha value is -2.85. The standard InChI is InChI=1S/C16H24ClN3O2.C10H9F3O2/c1-19(2)9-3-4-12-7-10-20(11-8-12)14-6-5-13(16(21)22)15(17)18-14;1-15-8-4-2-3-7(5-8)9(6-14)10(11,12)13/h5-6,12H,3-4,7-11H2,1-2H3,(H,21,22);2-6,9H,1H3. The fourth-order valence-electron chi connectivity index (χ4n) is 4.09. The Morgan fingerprint density at radius 3 is 2.46 bits per heavy atom. The number of anilines is 1. The van der Waals surface area contributed by atoms with Gasteiger partial charge < -0.3 is 24.4 Å². The maximum absolute atomic E-state index is 12.4. The van der Waals surface area contributed by atoms with Gasteiger partial charge in [-0.05, 0) is 82.1 Å². The van der Waals surface area contributed by atoms with E-state index >= 15 is 0 Å². The summed E-state index contributed by atoms with van der Waals surface area (Å²) in [5, 5.41) is 9.05. The van der Waals surface area contributed by atoms with Crippen molar-refractivity contribution < 1.29 is 32.6 Å². The van der Waals surface area contributed by atoms with Gasteiger partial charge in [0.1, 0.15) is 28.9 Å². The Morgan fingerprint density at radius 1 is 1.27 bits per heavy atom. The normalized spacial score (nSPS) is 15.1. The van der Waals surface area contributed by atoms with Crippen LogP contribution in [-0.2, 0) is 4.79 Å². The van der Waals surface area contributed by atoms with Gasteiger partial charge in [-0.3, -0.25) is 0 Å². The summed E-state index contributed by atoms with van der Waals surface area (Å²) in [6.45, 7) is 3.07. The number of hydrogen-bond donors (Lipinski definition) is 1. The van der Waals surface area contributed by atoms with E-state index in [0.29, 0.717) is 5.75 Å². The molecule has 2 heterocycles. The van der Waals surface area contributed by atoms with Gasteiger partial charge in [0.25, 0.3) is 0 Å². The number of aldehydes is 1. The van der Waals surface area contributed by atoms with E-state index in [1.54, 1.807) is 6.07 Å². The minimum atomic E-state index is -4.56. The molecule has 1 aliphatic rings. The van der Waals surface area contributed by atoms with Gasteiger partial charge in [0.05, 0.1) is 12.7 Å². The van der Waals surface area contributed by atoms with Crippen LogP contribution in [0.2, 0.25) is 5.15 Å². The number of hydrogen-bond acceptors (Lipinski definition) is 6. The summed E-state index contributed by atoms with van der Waals surface area (Å²) >= 11 is 5.95. The number of carboxylic acids is 1. The van der Waals surface area contributed by atoms with Crippen molar-refractivity contribution in [2.45, 2.75) is 37.8 Å². The predicted molar refractivity (Wildman–Crippen MR) is 137 cm³/mol. The maximum Gasteiger partial charge on any atom is 0.402 e. The number of alkyl halides is 3. The van der Waals surface area contributed by atoms with Crippen molar-refractivity contribution in [3.05, 3.63) is 52.7 Å². The molecule has 11 heteroatoms. The lowest BCUT2D eigenvalue weighted by molar-refractivity contribution is -0.155. The van der Waals surface area contributed by atoms with Crippen LogP contribution >= 0.6 is 11.6 Å². The van der Waals surface area contributed by atoms with Crippen LogP contribution in [-0.4, -0.2) is 74.3 Å². The van der Waals surface area contributed by atoms with Crippen molar-refractivity contribution in [3.63, 3.8) is 0 Å². The molecule has 0 radical (unpaired) electrons. The van der Waals surface area contributed by atoms with Crippen LogP contribution in [0.4, 0.5) is 19.0 Å². The molecule has 1 aromatic heterocycles. The molecule has 0 saturated carbocycles. The number of rotatable bonds is 9. The van der Waals surface area contributed by atoms with Crippen molar-refractivity contribution in [3.8, 4) is 5.75 Å². The van der Waals surface area contributed by atoms with E-state index in [1.165, 1.54) is 50.3 Å². The van der Waals surface area contributed by atoms with Gasteiger partial charge in [0, 0.05) is 13.1 Å². The topological polar surface area (TPSA) is 83.0 Å². The molecule has 1 saturated heterocycles. The second-order valence-corrected chi connectivity index (χ2v) is 9.48. The molecule has 0 amide bonds. The number of aromatic carboxylic acids is 1. The Bertz CT molecular complexity index is 1030. The molecule has 1 unspecified atom stereocenters. The van der Waals surface area contributed by atoms with Crippen LogP contribution in [0.1, 0.15) is 47.5 Å². The molecule has 37 heavy (non-hydrogen) atoms. The zero-order valence-corrected chi connectivity index (χ0v) is 21.9. The van der Waals surface area contributed by atoms with Crippen LogP contribution in [0.5, 0.6) is 5.75 Å². The zero-order valence-electron chi connectivity index (χ0n) is 21.2. The Kier molecular flexibility index (Phi) is 11.6. The van der Waals surface area contributed by atoms with E-state index in [4.69, 9.17) is 21.4 Å². The fraction of sp³-hybridized carbons (Fsp3) is 0.500. The second-order valence-electron chi connectivity index (χ2n) is 9.12. The van der Waals surface area contributed by atoms with Crippen LogP contribution in [0, 0.1) is 5.92 Å². The second kappa shape index (κ2) is 14.2. The third-order valence-corrected chi connectivity index (χ3v) is 6.45. The first-order chi connectivity index (χ1) is 17.5. The molecule has 1 aromatic carbocycles. The summed E-state index contributed by atoms with van der Waals surface area (Å²) in [6, 6.07) is 8.66. The number of methoxy groups -OCH3 is 1. The molecule has 2 aromatic rings. The van der Waals surface area contributed by atoms with Crippen LogP contribution < -0.4 is 9.64 Å². The van der Waals surface area contributed by atoms with Crippen LogP contribution in [0.3, 0.4) is 0 Å². The first kappa shape index (κ1) is 30.4. The van der Waals surface area contributed by atoms with E-state index in [9.17, 15) is 22.8 Å². The zero-order chi connectivity index (χ0) is 27.6. The fourth-order valence-corrected chi connectivity index (χ4v) is 4.32. The van der Waals surface area contributed by atoms with E-state index in [1.807, 2.05) is 0 Å². The number of piperidine rings is 1. The lowest BCUT2D eigenvalue weighted by Gasteiger charge is -2.33. The van der Waals surface area contributed by atoms with Crippen molar-refractivity contribution in [2.75, 3.05) is 45.7 Å². The molecule has 7 nitrogen and oxygen atoms in total. The van der Waals surface area contributed by atoms with Crippen molar-refractivity contribution in [1.82, 2.24) is 9.88 Å². The number of carbonyl (C=O) groups excluding carboxylic acids is 1. The smallest absolute Gasteiger partial charge is 0.402 e. The monoisotopic (exact) mass is 543 g/mol. The number of carboxylic acid groups (broad SMARTS) is 1. The van der Waals surface area contributed by atoms with E-state index < -0.39 is 18.1 Å².